The highest BCUT2D eigenvalue weighted by molar-refractivity contribution is 7.84. The Morgan fingerprint density at radius 3 is 2.08 bits per heavy atom. The Labute approximate surface area is 166 Å². The summed E-state index contributed by atoms with van der Waals surface area (Å²) in [6, 6.07) is 0. The van der Waals surface area contributed by atoms with Gasteiger partial charge in [0, 0.05) is 16.4 Å². The molecule has 0 saturated heterocycles. The normalized spacial score (nSPS) is 24.4. The molecule has 2 unspecified atom stereocenters. The lowest BCUT2D eigenvalue weighted by Gasteiger charge is -2.49. The molecule has 3 nitrogen and oxygen atoms in total. The van der Waals surface area contributed by atoms with E-state index >= 15 is 0 Å². The highest BCUT2D eigenvalue weighted by Crippen LogP contribution is 2.49. The van der Waals surface area contributed by atoms with Crippen molar-refractivity contribution in [3.8, 4) is 0 Å². The average Bonchev–Trinajstić information content (AvgIpc) is 2.69. The molecule has 0 radical (unpaired) electrons. The summed E-state index contributed by atoms with van der Waals surface area (Å²) in [5.74, 6) is -0.391. The van der Waals surface area contributed by atoms with Crippen molar-refractivity contribution in [2.75, 3.05) is 0 Å². The van der Waals surface area contributed by atoms with Crippen molar-refractivity contribution in [2.24, 2.45) is 16.7 Å². The van der Waals surface area contributed by atoms with Crippen LogP contribution in [0.3, 0.4) is 0 Å². The summed E-state index contributed by atoms with van der Waals surface area (Å²) in [5.41, 5.74) is -0.704. The second-order valence-electron chi connectivity index (χ2n) is 8.75. The molecule has 0 saturated carbocycles. The van der Waals surface area contributed by atoms with Crippen LogP contribution in [-0.4, -0.2) is 21.5 Å². The number of hydrogen-bond acceptors (Lipinski definition) is 5. The van der Waals surface area contributed by atoms with Crippen molar-refractivity contribution in [1.82, 2.24) is 4.98 Å². The summed E-state index contributed by atoms with van der Waals surface area (Å²) in [7, 11) is 0. The molecule has 0 spiro atoms. The van der Waals surface area contributed by atoms with Crippen LogP contribution in [0, 0.1) is 16.7 Å². The van der Waals surface area contributed by atoms with Gasteiger partial charge in [-0.3, -0.25) is 4.79 Å². The van der Waals surface area contributed by atoms with E-state index < -0.39 is 5.60 Å². The molecule has 1 aromatic rings. The number of rotatable bonds is 2. The molecule has 1 aliphatic carbocycles. The van der Waals surface area contributed by atoms with Crippen LogP contribution in [0.4, 0.5) is 0 Å². The number of aliphatic hydroxyl groups is 1. The van der Waals surface area contributed by atoms with E-state index in [-0.39, 0.29) is 22.5 Å². The van der Waals surface area contributed by atoms with Gasteiger partial charge in [-0.2, -0.15) is 0 Å². The Morgan fingerprint density at radius 1 is 1.12 bits per heavy atom. The molecule has 0 bridgehead atoms. The molecule has 0 amide bonds. The fourth-order valence-electron chi connectivity index (χ4n) is 3.28. The van der Waals surface area contributed by atoms with Gasteiger partial charge < -0.3 is 10.1 Å². The van der Waals surface area contributed by atoms with E-state index in [1.165, 1.54) is 0 Å². The number of thiol groups is 3. The molecule has 1 heterocycles. The van der Waals surface area contributed by atoms with Gasteiger partial charge in [-0.15, -0.1) is 37.9 Å². The van der Waals surface area contributed by atoms with Crippen molar-refractivity contribution in [3.05, 3.63) is 29.4 Å². The number of aromatic nitrogens is 1. The predicted octanol–water partition coefficient (Wildman–Crippen LogP) is 5.00. The third-order valence-corrected chi connectivity index (χ3v) is 6.19. The number of hydrogen-bond donors (Lipinski definition) is 5. The minimum atomic E-state index is -1.05. The van der Waals surface area contributed by atoms with Crippen LogP contribution in [0.5, 0.6) is 0 Å². The van der Waals surface area contributed by atoms with E-state index in [1.807, 2.05) is 26.8 Å². The molecular formula is C19H27NO2S3. The van der Waals surface area contributed by atoms with E-state index in [0.29, 0.717) is 26.1 Å². The first-order valence-electron chi connectivity index (χ1n) is 8.21. The quantitative estimate of drug-likeness (QED) is 0.360. The van der Waals surface area contributed by atoms with Crippen LogP contribution in [0.15, 0.2) is 38.7 Å². The minimum absolute atomic E-state index is 0.173. The molecule has 2 atom stereocenters. The zero-order valence-electron chi connectivity index (χ0n) is 15.5. The van der Waals surface area contributed by atoms with Crippen LogP contribution < -0.4 is 0 Å². The Hall–Kier alpha value is -0.560. The molecule has 138 valence electrons. The molecule has 2 N–H and O–H groups in total. The van der Waals surface area contributed by atoms with Gasteiger partial charge in [0.25, 0.3) is 0 Å². The molecule has 0 aromatic carbocycles. The van der Waals surface area contributed by atoms with Crippen LogP contribution in [-0.2, 0) is 0 Å². The smallest absolute Gasteiger partial charge is 0.196 e. The molecule has 2 rings (SSSR count). The summed E-state index contributed by atoms with van der Waals surface area (Å²) in [4.78, 5) is 16.4. The maximum absolute atomic E-state index is 13.0. The first-order valence-corrected chi connectivity index (χ1v) is 9.55. The number of nitrogens with one attached hydrogen (secondary N) is 1. The number of carbonyl (C=O) groups is 1. The van der Waals surface area contributed by atoms with Gasteiger partial charge in [-0.05, 0) is 10.8 Å². The topological polar surface area (TPSA) is 53.1 Å². The van der Waals surface area contributed by atoms with Crippen LogP contribution in [0.2, 0.25) is 0 Å². The Balaban J connectivity index is 2.55. The first-order chi connectivity index (χ1) is 11.2. The number of ketones is 1. The summed E-state index contributed by atoms with van der Waals surface area (Å²) in [6.07, 6.45) is 5.36. The lowest BCUT2D eigenvalue weighted by Crippen LogP contribution is -2.52. The van der Waals surface area contributed by atoms with Gasteiger partial charge in [0.1, 0.15) is 0 Å². The van der Waals surface area contributed by atoms with Crippen LogP contribution in [0.1, 0.15) is 51.9 Å². The molecule has 0 fully saturated rings. The van der Waals surface area contributed by atoms with Gasteiger partial charge in [0.2, 0.25) is 0 Å². The van der Waals surface area contributed by atoms with E-state index in [4.69, 9.17) is 0 Å². The standard InChI is InChI=1S/C19H27NO2S3/c1-17(2,3)11-9-10(7-8-19(11,22)18(4,5)6)13(21)12-14(23)16(25)20-15(12)24/h7-9,11,20,22-25H,1-6H3. The number of allylic oxidation sites excluding steroid dienone is 2. The Morgan fingerprint density at radius 2 is 1.68 bits per heavy atom. The lowest BCUT2D eigenvalue weighted by molar-refractivity contribution is -0.0803. The van der Waals surface area contributed by atoms with Gasteiger partial charge >= 0.3 is 0 Å². The number of carbonyl (C=O) groups excluding carboxylic acids is 1. The second-order valence-corrected chi connectivity index (χ2v) is 10.1. The van der Waals surface area contributed by atoms with Crippen molar-refractivity contribution < 1.29 is 9.90 Å². The molecule has 25 heavy (non-hydrogen) atoms. The average molecular weight is 398 g/mol. The van der Waals surface area contributed by atoms with E-state index in [9.17, 15) is 9.90 Å². The summed E-state index contributed by atoms with van der Waals surface area (Å²) >= 11 is 13.0. The predicted molar refractivity (Wildman–Crippen MR) is 111 cm³/mol. The van der Waals surface area contributed by atoms with Gasteiger partial charge in [-0.25, -0.2) is 0 Å². The van der Waals surface area contributed by atoms with Crippen molar-refractivity contribution >= 4 is 43.7 Å². The van der Waals surface area contributed by atoms with E-state index in [1.54, 1.807) is 12.2 Å². The Kier molecular flexibility index (Phi) is 5.44. The third kappa shape index (κ3) is 3.64. The molecule has 1 aromatic heterocycles. The highest BCUT2D eigenvalue weighted by Gasteiger charge is 2.50. The number of H-pyrrole nitrogens is 1. The molecule has 1 aliphatic rings. The van der Waals surface area contributed by atoms with Crippen LogP contribution >= 0.6 is 37.9 Å². The third-order valence-electron chi connectivity index (χ3n) is 4.90. The van der Waals surface area contributed by atoms with Gasteiger partial charge in [0.15, 0.2) is 5.78 Å². The van der Waals surface area contributed by atoms with Crippen molar-refractivity contribution in [1.29, 1.82) is 0 Å². The molecular weight excluding hydrogens is 370 g/mol. The van der Waals surface area contributed by atoms with E-state index in [2.05, 4.69) is 63.6 Å². The Bertz CT molecular complexity index is 763. The second kappa shape index (κ2) is 6.55. The SMILES string of the molecule is CC(C)(C)C1C=C(C(=O)c2c(S)[nH]c(S)c2S)C=CC1(O)C(C)(C)C. The van der Waals surface area contributed by atoms with E-state index in [0.717, 1.165) is 0 Å². The largest absolute Gasteiger partial charge is 0.385 e. The zero-order chi connectivity index (χ0) is 19.4. The van der Waals surface area contributed by atoms with Crippen molar-refractivity contribution in [2.45, 2.75) is 62.1 Å². The summed E-state index contributed by atoms with van der Waals surface area (Å²) in [6.45, 7) is 12.2. The van der Waals surface area contributed by atoms with Crippen LogP contribution in [0.25, 0.3) is 0 Å². The fourth-order valence-corrected chi connectivity index (χ4v) is 4.28. The zero-order valence-corrected chi connectivity index (χ0v) is 18.2. The van der Waals surface area contributed by atoms with Gasteiger partial charge in [-0.1, -0.05) is 59.8 Å². The van der Waals surface area contributed by atoms with Crippen molar-refractivity contribution in [3.63, 3.8) is 0 Å². The minimum Gasteiger partial charge on any atom is -0.385 e. The fraction of sp³-hybridized carbons (Fsp3) is 0.526. The highest BCUT2D eigenvalue weighted by atomic mass is 32.1. The number of Topliss-reactive ketones (excluding diaryl/α,β-unsaturated/α-hetero) is 1. The monoisotopic (exact) mass is 397 g/mol. The maximum Gasteiger partial charge on any atom is 0.196 e. The number of aromatic amines is 1. The summed E-state index contributed by atoms with van der Waals surface area (Å²) in [5, 5.41) is 12.3. The lowest BCUT2D eigenvalue weighted by atomic mass is 9.59. The molecule has 0 aliphatic heterocycles. The first kappa shape index (κ1) is 20.7. The van der Waals surface area contributed by atoms with Gasteiger partial charge in [0.05, 0.1) is 21.2 Å². The molecule has 6 heteroatoms. The maximum atomic E-state index is 13.0. The summed E-state index contributed by atoms with van der Waals surface area (Å²) < 4.78 is 0.